The van der Waals surface area contributed by atoms with Gasteiger partial charge >= 0.3 is 6.09 Å². The molecule has 0 aromatic heterocycles. The number of hydrogen-bond acceptors (Lipinski definition) is 8. The lowest BCUT2D eigenvalue weighted by molar-refractivity contribution is -0.143. The van der Waals surface area contributed by atoms with Crippen molar-refractivity contribution in [2.24, 2.45) is 11.8 Å². The Kier molecular flexibility index (Phi) is 10.7. The summed E-state index contributed by atoms with van der Waals surface area (Å²) in [4.78, 5) is 72.5. The number of benzene rings is 1. The van der Waals surface area contributed by atoms with E-state index < -0.39 is 68.7 Å². The van der Waals surface area contributed by atoms with E-state index in [1.807, 2.05) is 18.2 Å². The summed E-state index contributed by atoms with van der Waals surface area (Å²) in [6.45, 7) is 4.45. The number of fused-ring (bicyclic) bond motifs is 3. The molecule has 0 spiro atoms. The second kappa shape index (κ2) is 15.3. The zero-order valence-electron chi connectivity index (χ0n) is 30.2. The third-order valence-corrected chi connectivity index (χ3v) is 13.7. The second-order valence-electron chi connectivity index (χ2n) is 15.7. The number of sulfonamides is 1. The minimum atomic E-state index is -3.89. The Morgan fingerprint density at radius 2 is 1.77 bits per heavy atom. The summed E-state index contributed by atoms with van der Waals surface area (Å²) in [7, 11) is -3.89. The maximum atomic E-state index is 14.7. The molecule has 1 saturated heterocycles. The van der Waals surface area contributed by atoms with Gasteiger partial charge in [0.25, 0.3) is 5.91 Å². The van der Waals surface area contributed by atoms with Gasteiger partial charge in [-0.05, 0) is 74.0 Å². The normalized spacial score (nSPS) is 30.5. The molecule has 6 aliphatic rings. The molecule has 3 aliphatic carbocycles. The third kappa shape index (κ3) is 8.02. The monoisotopic (exact) mass is 749 g/mol. The summed E-state index contributed by atoms with van der Waals surface area (Å²) < 4.78 is 33.6. The molecule has 286 valence electrons. The van der Waals surface area contributed by atoms with Crippen LogP contribution in [-0.2, 0) is 47.0 Å². The molecule has 0 unspecified atom stereocenters. The van der Waals surface area contributed by atoms with Crippen LogP contribution in [-0.4, -0.2) is 83.5 Å². The first-order chi connectivity index (χ1) is 25.5. The summed E-state index contributed by atoms with van der Waals surface area (Å²) in [6.07, 6.45) is 13.3. The molecule has 4 bridgehead atoms. The third-order valence-electron chi connectivity index (χ3n) is 11.9. The molecule has 53 heavy (non-hydrogen) atoms. The molecule has 3 N–H and O–H groups in total. The predicted molar refractivity (Wildman–Crippen MR) is 196 cm³/mol. The van der Waals surface area contributed by atoms with Crippen LogP contribution in [0.1, 0.15) is 107 Å². The number of rotatable bonds is 7. The molecule has 4 fully saturated rings. The van der Waals surface area contributed by atoms with E-state index in [0.29, 0.717) is 32.4 Å². The molecule has 3 saturated carbocycles. The average molecular weight is 750 g/mol. The van der Waals surface area contributed by atoms with E-state index in [2.05, 4.69) is 34.1 Å². The first-order valence-electron chi connectivity index (χ1n) is 19.3. The highest BCUT2D eigenvalue weighted by molar-refractivity contribution is 7.91. The lowest BCUT2D eigenvalue weighted by Gasteiger charge is -2.35. The molecule has 1 aromatic rings. The van der Waals surface area contributed by atoms with Crippen LogP contribution in [0, 0.1) is 11.8 Å². The molecule has 3 heterocycles. The zero-order valence-corrected chi connectivity index (χ0v) is 31.0. The van der Waals surface area contributed by atoms with Gasteiger partial charge in [0.15, 0.2) is 0 Å². The minimum Gasteiger partial charge on any atom is -0.444 e. The molecule has 1 aromatic carbocycles. The average Bonchev–Trinajstić information content (AvgIpc) is 4.04. The van der Waals surface area contributed by atoms with Crippen LogP contribution in [0.4, 0.5) is 4.79 Å². The van der Waals surface area contributed by atoms with Crippen molar-refractivity contribution in [3.63, 3.8) is 0 Å². The smallest absolute Gasteiger partial charge is 0.410 e. The van der Waals surface area contributed by atoms with Crippen LogP contribution < -0.4 is 15.4 Å². The molecule has 5 amide bonds. The van der Waals surface area contributed by atoms with Gasteiger partial charge in [-0.2, -0.15) is 0 Å². The first kappa shape index (κ1) is 37.1. The summed E-state index contributed by atoms with van der Waals surface area (Å²) in [5.41, 5.74) is 1.58. The maximum absolute atomic E-state index is 14.7. The van der Waals surface area contributed by atoms with Gasteiger partial charge in [-0.1, -0.05) is 62.1 Å². The van der Waals surface area contributed by atoms with Gasteiger partial charge in [0.1, 0.15) is 23.7 Å². The number of nitrogens with one attached hydrogen (secondary N) is 3. The van der Waals surface area contributed by atoms with Crippen LogP contribution in [0.2, 0.25) is 0 Å². The second-order valence-corrected chi connectivity index (χ2v) is 17.7. The number of amides is 5. The highest BCUT2D eigenvalue weighted by Crippen LogP contribution is 2.45. The number of ether oxygens (including phenoxy) is 1. The van der Waals surface area contributed by atoms with E-state index in [4.69, 9.17) is 4.74 Å². The number of nitrogens with zero attached hydrogens (tertiary/aromatic N) is 2. The van der Waals surface area contributed by atoms with Crippen molar-refractivity contribution in [3.8, 4) is 0 Å². The lowest BCUT2D eigenvalue weighted by atomic mass is 9.83. The molecule has 13 nitrogen and oxygen atoms in total. The van der Waals surface area contributed by atoms with Crippen LogP contribution in [0.15, 0.2) is 36.9 Å². The first-order valence-corrected chi connectivity index (χ1v) is 20.9. The summed E-state index contributed by atoms with van der Waals surface area (Å²) in [5, 5.41) is 5.21. The Morgan fingerprint density at radius 1 is 1.00 bits per heavy atom. The van der Waals surface area contributed by atoms with Gasteiger partial charge < -0.3 is 20.3 Å². The van der Waals surface area contributed by atoms with Crippen LogP contribution in [0.3, 0.4) is 0 Å². The van der Waals surface area contributed by atoms with Gasteiger partial charge in [-0.25, -0.2) is 13.2 Å². The molecule has 0 radical (unpaired) electrons. The molecule has 7 rings (SSSR count). The van der Waals surface area contributed by atoms with Crippen molar-refractivity contribution in [1.29, 1.82) is 0 Å². The number of carbonyl (C=O) groups is 5. The van der Waals surface area contributed by atoms with Crippen molar-refractivity contribution in [2.75, 3.05) is 6.54 Å². The van der Waals surface area contributed by atoms with Crippen molar-refractivity contribution >= 4 is 45.8 Å². The van der Waals surface area contributed by atoms with Gasteiger partial charge in [0, 0.05) is 25.3 Å². The van der Waals surface area contributed by atoms with E-state index in [1.54, 1.807) is 4.90 Å². The van der Waals surface area contributed by atoms with Crippen LogP contribution in [0.25, 0.3) is 6.08 Å². The van der Waals surface area contributed by atoms with Crippen LogP contribution >= 0.6 is 0 Å². The van der Waals surface area contributed by atoms with Gasteiger partial charge in [-0.15, -0.1) is 6.58 Å². The standard InChI is InChI=1S/C39H51N5O8S/c1-2-28-21-39(28,37(48)42-53(50,51)30-18-19-30)41-35(46)32-20-29-23-44(32)36(47)34(26-13-8-6-9-14-26)40-33(45)17-10-5-3-4-7-12-25-15-11-16-27-22-43(24-31(25)27)38(49)52-29/h2,7,11-12,15-16,26,28-30,32,34H,1,3-6,8-10,13-14,17-24H2,(H,40,45)(H,41,46)(H,42,48)/b12-7+/t28-,29-,32+,34+,39-/m1/s1. The van der Waals surface area contributed by atoms with Gasteiger partial charge in [0.2, 0.25) is 27.7 Å². The topological polar surface area (TPSA) is 171 Å². The fraction of sp³-hybridized carbons (Fsp3) is 0.615. The van der Waals surface area contributed by atoms with Crippen molar-refractivity contribution in [2.45, 2.75) is 132 Å². The van der Waals surface area contributed by atoms with Crippen molar-refractivity contribution < 1.29 is 37.1 Å². The Bertz CT molecular complexity index is 1790. The minimum absolute atomic E-state index is 0.0275. The predicted octanol–water partition coefficient (Wildman–Crippen LogP) is 3.82. The zero-order chi connectivity index (χ0) is 37.3. The van der Waals surface area contributed by atoms with Gasteiger partial charge in [0.05, 0.1) is 18.3 Å². The number of carbonyl (C=O) groups excluding carboxylic acids is 5. The molecular formula is C39H51N5O8S. The molecule has 14 heteroatoms. The molecular weight excluding hydrogens is 699 g/mol. The fourth-order valence-electron chi connectivity index (χ4n) is 8.55. The maximum Gasteiger partial charge on any atom is 0.410 e. The van der Waals surface area contributed by atoms with E-state index >= 15 is 0 Å². The Hall–Kier alpha value is -4.20. The Balaban J connectivity index is 1.16. The summed E-state index contributed by atoms with van der Waals surface area (Å²) in [6, 6.07) is 3.99. The number of hydrogen-bond donors (Lipinski definition) is 3. The SMILES string of the molecule is C=C[C@@H]1C[C@]1(NC(=O)[C@@H]1C[C@@H]2CN1C(=O)[C@H](C1CCCCC1)NC(=O)CCCCC/C=C/c1cccc3c1CN(C3)C(=O)O2)C(=O)NS(=O)(=O)C1CC1. The fourth-order valence-corrected chi connectivity index (χ4v) is 9.92. The summed E-state index contributed by atoms with van der Waals surface area (Å²) >= 11 is 0. The van der Waals surface area contributed by atoms with E-state index in [0.717, 1.165) is 68.1 Å². The van der Waals surface area contributed by atoms with E-state index in [-0.39, 0.29) is 37.6 Å². The quantitative estimate of drug-likeness (QED) is 0.354. The largest absolute Gasteiger partial charge is 0.444 e. The highest BCUT2D eigenvalue weighted by Gasteiger charge is 2.62. The van der Waals surface area contributed by atoms with E-state index in [9.17, 15) is 32.4 Å². The molecule has 5 atom stereocenters. The van der Waals surface area contributed by atoms with E-state index in [1.165, 1.54) is 11.0 Å². The van der Waals surface area contributed by atoms with Crippen LogP contribution in [0.5, 0.6) is 0 Å². The highest BCUT2D eigenvalue weighted by atomic mass is 32.2. The number of allylic oxidation sites excluding steroid dienone is 1. The van der Waals surface area contributed by atoms with Gasteiger partial charge in [-0.3, -0.25) is 28.8 Å². The molecule has 3 aliphatic heterocycles. The Morgan fingerprint density at radius 3 is 2.51 bits per heavy atom. The lowest BCUT2D eigenvalue weighted by Crippen LogP contribution is -2.59. The Labute approximate surface area is 311 Å². The summed E-state index contributed by atoms with van der Waals surface area (Å²) in [5.74, 6) is -2.76. The van der Waals surface area contributed by atoms with Crippen molar-refractivity contribution in [1.82, 2.24) is 25.2 Å². The van der Waals surface area contributed by atoms with Crippen molar-refractivity contribution in [3.05, 3.63) is 53.6 Å².